The molecule has 0 aliphatic carbocycles. The molecule has 1 aromatic carbocycles. The van der Waals surface area contributed by atoms with Crippen LogP contribution < -0.4 is 5.32 Å². The van der Waals surface area contributed by atoms with Gasteiger partial charge in [0.1, 0.15) is 0 Å². The van der Waals surface area contributed by atoms with Crippen LogP contribution in [0.1, 0.15) is 43.0 Å². The van der Waals surface area contributed by atoms with Gasteiger partial charge in [-0.15, -0.1) is 12.4 Å². The molecule has 2 aliphatic rings. The van der Waals surface area contributed by atoms with E-state index in [9.17, 15) is 9.59 Å². The van der Waals surface area contributed by atoms with Crippen LogP contribution in [0.25, 0.3) is 0 Å². The second-order valence-corrected chi connectivity index (χ2v) is 7.11. The smallest absolute Gasteiger partial charge is 0.253 e. The van der Waals surface area contributed by atoms with Gasteiger partial charge in [-0.1, -0.05) is 25.1 Å². The van der Waals surface area contributed by atoms with Crippen molar-refractivity contribution in [1.82, 2.24) is 15.1 Å². The van der Waals surface area contributed by atoms with Gasteiger partial charge in [-0.25, -0.2) is 0 Å². The minimum absolute atomic E-state index is 0. The molecule has 2 aliphatic heterocycles. The summed E-state index contributed by atoms with van der Waals surface area (Å²) in [6, 6.07) is 9.76. The van der Waals surface area contributed by atoms with E-state index in [2.05, 4.69) is 17.1 Å². The number of nitrogens with one attached hydrogen (secondary N) is 1. The number of carbonyl (C=O) groups is 2. The van der Waals surface area contributed by atoms with Crippen molar-refractivity contribution < 1.29 is 9.59 Å². The molecule has 2 amide bonds. The molecule has 1 unspecified atom stereocenters. The van der Waals surface area contributed by atoms with Gasteiger partial charge in [0.2, 0.25) is 5.91 Å². The van der Waals surface area contributed by atoms with Gasteiger partial charge in [0.15, 0.2) is 0 Å². The fraction of sp³-hybridized carbons (Fsp3) is 0.600. The lowest BCUT2D eigenvalue weighted by atomic mass is 9.94. The van der Waals surface area contributed by atoms with Crippen LogP contribution in [-0.2, 0) is 4.79 Å². The van der Waals surface area contributed by atoms with Crippen molar-refractivity contribution in [3.8, 4) is 0 Å². The van der Waals surface area contributed by atoms with Gasteiger partial charge in [0, 0.05) is 43.7 Å². The van der Waals surface area contributed by atoms with Crippen molar-refractivity contribution in [2.75, 3.05) is 32.7 Å². The van der Waals surface area contributed by atoms with E-state index in [-0.39, 0.29) is 24.2 Å². The van der Waals surface area contributed by atoms with Gasteiger partial charge in [0.05, 0.1) is 0 Å². The van der Waals surface area contributed by atoms with Crippen molar-refractivity contribution in [1.29, 1.82) is 0 Å². The third-order valence-electron chi connectivity index (χ3n) is 5.37. The van der Waals surface area contributed by atoms with Crippen LogP contribution in [0.15, 0.2) is 30.3 Å². The van der Waals surface area contributed by atoms with Gasteiger partial charge in [0.25, 0.3) is 5.91 Å². The number of carbonyl (C=O) groups excluding carboxylic acids is 2. The predicted molar refractivity (Wildman–Crippen MR) is 106 cm³/mol. The van der Waals surface area contributed by atoms with Crippen LogP contribution in [0.4, 0.5) is 0 Å². The highest BCUT2D eigenvalue weighted by atomic mass is 35.5. The quantitative estimate of drug-likeness (QED) is 0.855. The summed E-state index contributed by atoms with van der Waals surface area (Å²) in [4.78, 5) is 29.5. The second-order valence-electron chi connectivity index (χ2n) is 7.11. The summed E-state index contributed by atoms with van der Waals surface area (Å²) in [5.74, 6) is 0.436. The molecular weight excluding hydrogens is 350 g/mol. The maximum Gasteiger partial charge on any atom is 0.253 e. The molecular formula is C20H30ClN3O2. The van der Waals surface area contributed by atoms with Gasteiger partial charge in [-0.3, -0.25) is 9.59 Å². The average molecular weight is 380 g/mol. The third kappa shape index (κ3) is 4.77. The molecule has 144 valence electrons. The van der Waals surface area contributed by atoms with E-state index >= 15 is 0 Å². The molecule has 26 heavy (non-hydrogen) atoms. The zero-order chi connectivity index (χ0) is 17.6. The van der Waals surface area contributed by atoms with Crippen LogP contribution in [0.3, 0.4) is 0 Å². The highest BCUT2D eigenvalue weighted by Gasteiger charge is 2.33. The second kappa shape index (κ2) is 9.93. The molecule has 1 N–H and O–H groups in total. The molecule has 2 heterocycles. The Balaban J connectivity index is 0.00000243. The van der Waals surface area contributed by atoms with E-state index in [1.54, 1.807) is 0 Å². The standard InChI is InChI=1S/C20H29N3O2.ClH/c1-2-12-23(18-8-11-21-15-18)20(25)17-9-13-22(14-10-17)19(24)16-6-4-3-5-7-16;/h3-7,17-18,21H,2,8-15H2,1H3;1H. The number of benzene rings is 1. The topological polar surface area (TPSA) is 52.7 Å². The van der Waals surface area contributed by atoms with E-state index in [0.29, 0.717) is 25.0 Å². The van der Waals surface area contributed by atoms with Gasteiger partial charge in [-0.2, -0.15) is 0 Å². The Kier molecular flexibility index (Phi) is 7.91. The van der Waals surface area contributed by atoms with Crippen molar-refractivity contribution >= 4 is 24.2 Å². The monoisotopic (exact) mass is 379 g/mol. The van der Waals surface area contributed by atoms with E-state index in [1.165, 1.54) is 0 Å². The largest absolute Gasteiger partial charge is 0.339 e. The fourth-order valence-electron chi connectivity index (χ4n) is 3.95. The number of halogens is 1. The molecule has 0 saturated carbocycles. The Labute approximate surface area is 162 Å². The maximum absolute atomic E-state index is 13.0. The summed E-state index contributed by atoms with van der Waals surface area (Å²) in [5.41, 5.74) is 0.733. The number of hydrogen-bond acceptors (Lipinski definition) is 3. The minimum atomic E-state index is 0. The molecule has 0 bridgehead atoms. The highest BCUT2D eigenvalue weighted by Crippen LogP contribution is 2.23. The van der Waals surface area contributed by atoms with Crippen LogP contribution in [0, 0.1) is 5.92 Å². The molecule has 1 atom stereocenters. The number of hydrogen-bond donors (Lipinski definition) is 1. The summed E-state index contributed by atoms with van der Waals surface area (Å²) in [6.07, 6.45) is 3.60. The predicted octanol–water partition coefficient (Wildman–Crippen LogP) is 2.56. The van der Waals surface area contributed by atoms with Crippen molar-refractivity contribution in [2.45, 2.75) is 38.6 Å². The minimum Gasteiger partial charge on any atom is -0.339 e. The highest BCUT2D eigenvalue weighted by molar-refractivity contribution is 5.94. The zero-order valence-corrected chi connectivity index (χ0v) is 16.3. The SMILES string of the molecule is CCCN(C(=O)C1CCN(C(=O)c2ccccc2)CC1)C1CCNC1.Cl. The number of piperidine rings is 1. The molecule has 3 rings (SSSR count). The van der Waals surface area contributed by atoms with E-state index < -0.39 is 0 Å². The number of amides is 2. The van der Waals surface area contributed by atoms with Crippen LogP contribution in [-0.4, -0.2) is 60.4 Å². The lowest BCUT2D eigenvalue weighted by molar-refractivity contribution is -0.139. The van der Waals surface area contributed by atoms with Gasteiger partial charge in [-0.05, 0) is 44.4 Å². The first-order valence-electron chi connectivity index (χ1n) is 9.56. The van der Waals surface area contributed by atoms with E-state index in [0.717, 1.165) is 50.9 Å². The molecule has 0 radical (unpaired) electrons. The molecule has 0 aromatic heterocycles. The normalized spacial score (nSPS) is 20.5. The number of rotatable bonds is 5. The molecule has 1 aromatic rings. The Morgan fingerprint density at radius 1 is 1.15 bits per heavy atom. The van der Waals surface area contributed by atoms with E-state index in [4.69, 9.17) is 0 Å². The first-order valence-corrected chi connectivity index (χ1v) is 9.56. The Morgan fingerprint density at radius 3 is 2.42 bits per heavy atom. The van der Waals surface area contributed by atoms with E-state index in [1.807, 2.05) is 35.2 Å². The first-order chi connectivity index (χ1) is 12.2. The Bertz CT molecular complexity index is 582. The zero-order valence-electron chi connectivity index (χ0n) is 15.5. The first kappa shape index (κ1) is 20.7. The fourth-order valence-corrected chi connectivity index (χ4v) is 3.95. The average Bonchev–Trinajstić information content (AvgIpc) is 3.20. The summed E-state index contributed by atoms with van der Waals surface area (Å²) in [5, 5.41) is 3.36. The number of nitrogens with zero attached hydrogens (tertiary/aromatic N) is 2. The van der Waals surface area contributed by atoms with Crippen molar-refractivity contribution in [3.63, 3.8) is 0 Å². The third-order valence-corrected chi connectivity index (χ3v) is 5.37. The lowest BCUT2D eigenvalue weighted by Gasteiger charge is -2.36. The number of likely N-dealkylation sites (tertiary alicyclic amines) is 1. The van der Waals surface area contributed by atoms with Crippen molar-refractivity contribution in [2.24, 2.45) is 5.92 Å². The van der Waals surface area contributed by atoms with Crippen LogP contribution in [0.2, 0.25) is 0 Å². The molecule has 5 nitrogen and oxygen atoms in total. The Hall–Kier alpha value is -1.59. The lowest BCUT2D eigenvalue weighted by Crippen LogP contribution is -2.48. The van der Waals surface area contributed by atoms with Crippen LogP contribution >= 0.6 is 12.4 Å². The van der Waals surface area contributed by atoms with Crippen LogP contribution in [0.5, 0.6) is 0 Å². The van der Waals surface area contributed by atoms with Crippen molar-refractivity contribution in [3.05, 3.63) is 35.9 Å². The summed E-state index contributed by atoms with van der Waals surface area (Å²) < 4.78 is 0. The summed E-state index contributed by atoms with van der Waals surface area (Å²) >= 11 is 0. The summed E-state index contributed by atoms with van der Waals surface area (Å²) in [6.45, 7) is 6.23. The van der Waals surface area contributed by atoms with Gasteiger partial charge >= 0.3 is 0 Å². The van der Waals surface area contributed by atoms with Gasteiger partial charge < -0.3 is 15.1 Å². The summed E-state index contributed by atoms with van der Waals surface area (Å²) in [7, 11) is 0. The molecule has 0 spiro atoms. The Morgan fingerprint density at radius 2 is 1.85 bits per heavy atom. The molecule has 2 saturated heterocycles. The molecule has 2 fully saturated rings. The molecule has 6 heteroatoms. The maximum atomic E-state index is 13.0.